The summed E-state index contributed by atoms with van der Waals surface area (Å²) in [6, 6.07) is 3.96. The van der Waals surface area contributed by atoms with E-state index < -0.39 is 12.2 Å². The molecule has 2 aromatic heterocycles. The maximum Gasteiger partial charge on any atom is 0.271 e. The van der Waals surface area contributed by atoms with E-state index in [9.17, 15) is 5.11 Å². The summed E-state index contributed by atoms with van der Waals surface area (Å²) in [7, 11) is 0. The van der Waals surface area contributed by atoms with Crippen LogP contribution in [0.2, 0.25) is 0 Å². The van der Waals surface area contributed by atoms with Crippen LogP contribution in [0.5, 0.6) is 5.88 Å². The van der Waals surface area contributed by atoms with E-state index in [4.69, 9.17) is 9.47 Å². The second kappa shape index (κ2) is 7.31. The Hall–Kier alpha value is -1.64. The molecule has 1 aliphatic rings. The van der Waals surface area contributed by atoms with E-state index in [0.717, 1.165) is 36.3 Å². The fourth-order valence-electron chi connectivity index (χ4n) is 2.98. The zero-order valence-electron chi connectivity index (χ0n) is 15.2. The van der Waals surface area contributed by atoms with Crippen LogP contribution >= 0.6 is 11.7 Å². The Kier molecular flexibility index (Phi) is 5.31. The SMILES string of the molecule is CC(O)C(Oc1nsnc1N1CCOCC1)c1cccn1C(C)(C)C. The lowest BCUT2D eigenvalue weighted by Crippen LogP contribution is -2.37. The van der Waals surface area contributed by atoms with Gasteiger partial charge in [-0.15, -0.1) is 4.37 Å². The van der Waals surface area contributed by atoms with Gasteiger partial charge in [0.15, 0.2) is 6.10 Å². The quantitative estimate of drug-likeness (QED) is 0.876. The molecule has 138 valence electrons. The van der Waals surface area contributed by atoms with Gasteiger partial charge in [0.1, 0.15) is 0 Å². The molecule has 1 saturated heterocycles. The molecular weight excluding hydrogens is 340 g/mol. The van der Waals surface area contributed by atoms with Gasteiger partial charge < -0.3 is 24.0 Å². The van der Waals surface area contributed by atoms with Crippen molar-refractivity contribution in [2.75, 3.05) is 31.2 Å². The molecule has 0 aliphatic carbocycles. The monoisotopic (exact) mass is 366 g/mol. The van der Waals surface area contributed by atoms with Crippen LogP contribution < -0.4 is 9.64 Å². The van der Waals surface area contributed by atoms with Crippen LogP contribution in [0.3, 0.4) is 0 Å². The number of aliphatic hydroxyl groups excluding tert-OH is 1. The van der Waals surface area contributed by atoms with Crippen LogP contribution in [-0.4, -0.2) is 50.8 Å². The van der Waals surface area contributed by atoms with Gasteiger partial charge in [-0.1, -0.05) is 0 Å². The van der Waals surface area contributed by atoms with Gasteiger partial charge in [-0.2, -0.15) is 4.37 Å². The molecule has 7 nitrogen and oxygen atoms in total. The Morgan fingerprint density at radius 3 is 2.64 bits per heavy atom. The first-order valence-corrected chi connectivity index (χ1v) is 9.28. The number of ether oxygens (including phenoxy) is 2. The second-order valence-electron chi connectivity index (χ2n) is 7.25. The number of aliphatic hydroxyl groups is 1. The number of hydrogen-bond donors (Lipinski definition) is 1. The van der Waals surface area contributed by atoms with Gasteiger partial charge >= 0.3 is 0 Å². The number of anilines is 1. The number of hydrogen-bond acceptors (Lipinski definition) is 7. The van der Waals surface area contributed by atoms with Crippen LogP contribution in [-0.2, 0) is 10.3 Å². The molecule has 3 heterocycles. The molecule has 2 unspecified atom stereocenters. The van der Waals surface area contributed by atoms with E-state index in [1.165, 1.54) is 0 Å². The number of rotatable bonds is 5. The van der Waals surface area contributed by atoms with Gasteiger partial charge in [-0.25, -0.2) is 0 Å². The molecular formula is C17H26N4O3S. The van der Waals surface area contributed by atoms with E-state index in [0.29, 0.717) is 19.1 Å². The Bertz CT molecular complexity index is 686. The minimum absolute atomic E-state index is 0.108. The van der Waals surface area contributed by atoms with Crippen molar-refractivity contribution in [3.63, 3.8) is 0 Å². The summed E-state index contributed by atoms with van der Waals surface area (Å²) in [6.07, 6.45) is 0.809. The lowest BCUT2D eigenvalue weighted by atomic mass is 10.1. The molecule has 0 spiro atoms. The van der Waals surface area contributed by atoms with E-state index in [1.54, 1.807) is 6.92 Å². The normalized spacial score (nSPS) is 18.2. The van der Waals surface area contributed by atoms with Gasteiger partial charge in [0, 0.05) is 24.8 Å². The molecule has 0 amide bonds. The minimum atomic E-state index is -0.685. The predicted molar refractivity (Wildman–Crippen MR) is 97.4 cm³/mol. The molecule has 8 heteroatoms. The summed E-state index contributed by atoms with van der Waals surface area (Å²) in [6.45, 7) is 11.0. The van der Waals surface area contributed by atoms with Crippen LogP contribution in [0, 0.1) is 0 Å². The maximum absolute atomic E-state index is 10.4. The first-order valence-electron chi connectivity index (χ1n) is 8.55. The molecule has 25 heavy (non-hydrogen) atoms. The molecule has 2 atom stereocenters. The number of nitrogens with zero attached hydrogens (tertiary/aromatic N) is 4. The average molecular weight is 366 g/mol. The highest BCUT2D eigenvalue weighted by Crippen LogP contribution is 2.33. The van der Waals surface area contributed by atoms with Crippen LogP contribution in [0.25, 0.3) is 0 Å². The molecule has 3 rings (SSSR count). The average Bonchev–Trinajstić information content (AvgIpc) is 3.21. The highest BCUT2D eigenvalue weighted by molar-refractivity contribution is 6.99. The zero-order valence-corrected chi connectivity index (χ0v) is 16.0. The summed E-state index contributed by atoms with van der Waals surface area (Å²) in [5.41, 5.74) is 0.811. The Morgan fingerprint density at radius 2 is 2.00 bits per heavy atom. The molecule has 1 N–H and O–H groups in total. The fraction of sp³-hybridized carbons (Fsp3) is 0.647. The molecule has 0 aromatic carbocycles. The predicted octanol–water partition coefficient (Wildman–Crippen LogP) is 2.43. The topological polar surface area (TPSA) is 72.6 Å². The van der Waals surface area contributed by atoms with Crippen LogP contribution in [0.15, 0.2) is 18.3 Å². The standard InChI is InChI=1S/C17H26N4O3S/c1-12(22)14(13-6-5-7-21(13)17(2,3)4)24-16-15(18-25-19-16)20-8-10-23-11-9-20/h5-7,12,14,22H,8-11H2,1-4H3. The molecule has 1 aliphatic heterocycles. The Balaban J connectivity index is 1.87. The third-order valence-electron chi connectivity index (χ3n) is 4.22. The third kappa shape index (κ3) is 3.96. The van der Waals surface area contributed by atoms with E-state index in [-0.39, 0.29) is 5.54 Å². The van der Waals surface area contributed by atoms with Gasteiger partial charge in [-0.05, 0) is 39.8 Å². The molecule has 0 radical (unpaired) electrons. The molecule has 2 aromatic rings. The number of aromatic nitrogens is 3. The second-order valence-corrected chi connectivity index (χ2v) is 7.77. The van der Waals surface area contributed by atoms with E-state index in [1.807, 2.05) is 18.3 Å². The lowest BCUT2D eigenvalue weighted by Gasteiger charge is -2.30. The van der Waals surface area contributed by atoms with Crippen molar-refractivity contribution in [2.45, 2.75) is 45.4 Å². The first kappa shape index (κ1) is 18.2. The highest BCUT2D eigenvalue weighted by atomic mass is 32.1. The largest absolute Gasteiger partial charge is 0.462 e. The van der Waals surface area contributed by atoms with Gasteiger partial charge in [0.05, 0.1) is 36.7 Å². The summed E-state index contributed by atoms with van der Waals surface area (Å²) >= 11 is 1.12. The van der Waals surface area contributed by atoms with E-state index in [2.05, 4.69) is 39.0 Å². The van der Waals surface area contributed by atoms with E-state index >= 15 is 0 Å². The molecule has 0 bridgehead atoms. The van der Waals surface area contributed by atoms with Crippen molar-refractivity contribution in [3.05, 3.63) is 24.0 Å². The summed E-state index contributed by atoms with van der Waals surface area (Å²) < 4.78 is 22.4. The van der Waals surface area contributed by atoms with Crippen molar-refractivity contribution >= 4 is 17.5 Å². The Morgan fingerprint density at radius 1 is 1.28 bits per heavy atom. The van der Waals surface area contributed by atoms with Crippen molar-refractivity contribution in [3.8, 4) is 5.88 Å². The summed E-state index contributed by atoms with van der Waals surface area (Å²) in [5, 5.41) is 10.4. The molecule has 1 fully saturated rings. The van der Waals surface area contributed by atoms with Crippen molar-refractivity contribution < 1.29 is 14.6 Å². The van der Waals surface area contributed by atoms with Gasteiger partial charge in [-0.3, -0.25) is 0 Å². The van der Waals surface area contributed by atoms with Crippen LogP contribution in [0.1, 0.15) is 39.5 Å². The Labute approximate surface area is 152 Å². The summed E-state index contributed by atoms with van der Waals surface area (Å²) in [5.74, 6) is 1.20. The number of morpholine rings is 1. The summed E-state index contributed by atoms with van der Waals surface area (Å²) in [4.78, 5) is 2.12. The van der Waals surface area contributed by atoms with Crippen molar-refractivity contribution in [1.29, 1.82) is 0 Å². The minimum Gasteiger partial charge on any atom is -0.462 e. The van der Waals surface area contributed by atoms with Gasteiger partial charge in [0.2, 0.25) is 5.82 Å². The first-order chi connectivity index (χ1) is 11.9. The highest BCUT2D eigenvalue weighted by Gasteiger charge is 2.29. The van der Waals surface area contributed by atoms with Crippen molar-refractivity contribution in [2.24, 2.45) is 0 Å². The zero-order chi connectivity index (χ0) is 18.0. The van der Waals surface area contributed by atoms with Crippen molar-refractivity contribution in [1.82, 2.24) is 13.3 Å². The third-order valence-corrected chi connectivity index (χ3v) is 4.73. The lowest BCUT2D eigenvalue weighted by molar-refractivity contribution is 0.0385. The smallest absolute Gasteiger partial charge is 0.271 e. The fourth-order valence-corrected chi connectivity index (χ4v) is 3.49. The van der Waals surface area contributed by atoms with Gasteiger partial charge in [0.25, 0.3) is 5.88 Å². The maximum atomic E-state index is 10.4. The molecule has 0 saturated carbocycles. The van der Waals surface area contributed by atoms with Crippen LogP contribution in [0.4, 0.5) is 5.82 Å².